The zero-order valence-electron chi connectivity index (χ0n) is 15.2. The summed E-state index contributed by atoms with van der Waals surface area (Å²) in [5.74, 6) is 0. The Kier molecular flexibility index (Phi) is 4.24. The maximum atomic E-state index is 12.6. The van der Waals surface area contributed by atoms with Crippen molar-refractivity contribution < 1.29 is 9.53 Å². The minimum atomic E-state index is -0.492. The Morgan fingerprint density at radius 3 is 2.75 bits per heavy atom. The molecule has 0 saturated carbocycles. The molecule has 1 aliphatic rings. The molecule has 0 aliphatic carbocycles. The van der Waals surface area contributed by atoms with Crippen LogP contribution in [0.5, 0.6) is 0 Å². The molecule has 24 heavy (non-hydrogen) atoms. The fourth-order valence-corrected chi connectivity index (χ4v) is 3.06. The second-order valence-electron chi connectivity index (χ2n) is 7.57. The Hall–Kier alpha value is -2.11. The van der Waals surface area contributed by atoms with Gasteiger partial charge in [-0.3, -0.25) is 4.90 Å². The lowest BCUT2D eigenvalue weighted by molar-refractivity contribution is 0.00898. The van der Waals surface area contributed by atoms with E-state index in [1.54, 1.807) is 4.52 Å². The number of likely N-dealkylation sites (tertiary alicyclic amines) is 1. The number of fused-ring (bicyclic) bond motifs is 1. The highest BCUT2D eigenvalue weighted by molar-refractivity contribution is 5.69. The van der Waals surface area contributed by atoms with Crippen molar-refractivity contribution in [2.24, 2.45) is 0 Å². The fraction of sp³-hybridized carbons (Fsp3) is 0.611. The van der Waals surface area contributed by atoms with Gasteiger partial charge in [-0.15, -0.1) is 0 Å². The van der Waals surface area contributed by atoms with Gasteiger partial charge in [0, 0.05) is 24.5 Å². The van der Waals surface area contributed by atoms with Crippen molar-refractivity contribution in [1.82, 2.24) is 19.5 Å². The monoisotopic (exact) mass is 330 g/mol. The molecule has 6 nitrogen and oxygen atoms in total. The van der Waals surface area contributed by atoms with Crippen molar-refractivity contribution in [1.29, 1.82) is 0 Å². The van der Waals surface area contributed by atoms with Crippen LogP contribution >= 0.6 is 0 Å². The van der Waals surface area contributed by atoms with Gasteiger partial charge in [0.05, 0.1) is 11.7 Å². The summed E-state index contributed by atoms with van der Waals surface area (Å²) in [6, 6.07) is 1.94. The van der Waals surface area contributed by atoms with Crippen LogP contribution < -0.4 is 0 Å². The van der Waals surface area contributed by atoms with Crippen molar-refractivity contribution >= 4 is 11.7 Å². The van der Waals surface area contributed by atoms with Crippen LogP contribution in [0, 0.1) is 13.8 Å². The van der Waals surface area contributed by atoms with Gasteiger partial charge in [-0.25, -0.2) is 14.3 Å². The summed E-state index contributed by atoms with van der Waals surface area (Å²) in [6.07, 6.45) is 4.72. The number of aromatic nitrogens is 3. The second-order valence-corrected chi connectivity index (χ2v) is 7.57. The number of hydrogen-bond donors (Lipinski definition) is 0. The summed E-state index contributed by atoms with van der Waals surface area (Å²) in [5, 5.41) is 4.67. The second kappa shape index (κ2) is 6.07. The van der Waals surface area contributed by atoms with Crippen molar-refractivity contribution in [3.63, 3.8) is 0 Å². The smallest absolute Gasteiger partial charge is 0.410 e. The Labute approximate surface area is 142 Å². The molecule has 2 aromatic rings. The van der Waals surface area contributed by atoms with E-state index in [1.807, 2.05) is 51.8 Å². The van der Waals surface area contributed by atoms with E-state index in [0.717, 1.165) is 41.9 Å². The van der Waals surface area contributed by atoms with Gasteiger partial charge < -0.3 is 4.74 Å². The number of piperidine rings is 1. The van der Waals surface area contributed by atoms with Crippen LogP contribution in [0.3, 0.4) is 0 Å². The predicted molar refractivity (Wildman–Crippen MR) is 92.0 cm³/mol. The van der Waals surface area contributed by atoms with Crippen LogP contribution in [0.15, 0.2) is 12.3 Å². The molecular weight excluding hydrogens is 304 g/mol. The summed E-state index contributed by atoms with van der Waals surface area (Å²) in [6.45, 7) is 10.4. The first-order valence-electron chi connectivity index (χ1n) is 8.58. The molecule has 1 atom stereocenters. The molecule has 1 saturated heterocycles. The fourth-order valence-electron chi connectivity index (χ4n) is 3.06. The van der Waals surface area contributed by atoms with Gasteiger partial charge in [0.1, 0.15) is 5.60 Å². The standard InChI is InChI=1S/C18H26N4O2/c1-12-11-22-16(19-13(12)2)10-14(20-22)15-8-6-7-9-21(15)17(23)24-18(3,4)5/h10-11,15H,6-9H2,1-5H3. The first-order chi connectivity index (χ1) is 11.2. The SMILES string of the molecule is Cc1cn2nc(C3CCCCN3C(=O)OC(C)(C)C)cc2nc1C. The summed E-state index contributed by atoms with van der Waals surface area (Å²) in [4.78, 5) is 19.0. The van der Waals surface area contributed by atoms with Gasteiger partial charge >= 0.3 is 6.09 Å². The Bertz CT molecular complexity index is 721. The molecule has 0 aromatic carbocycles. The minimum Gasteiger partial charge on any atom is -0.444 e. The zero-order chi connectivity index (χ0) is 17.5. The molecule has 0 N–H and O–H groups in total. The van der Waals surface area contributed by atoms with Crippen LogP contribution in [0.4, 0.5) is 4.79 Å². The van der Waals surface area contributed by atoms with E-state index >= 15 is 0 Å². The molecule has 1 unspecified atom stereocenters. The van der Waals surface area contributed by atoms with Crippen LogP contribution in [-0.4, -0.2) is 37.7 Å². The van der Waals surface area contributed by atoms with Gasteiger partial charge in [0.25, 0.3) is 0 Å². The summed E-state index contributed by atoms with van der Waals surface area (Å²) in [5.41, 5.74) is 3.32. The molecule has 1 amide bonds. The Morgan fingerprint density at radius 2 is 2.04 bits per heavy atom. The van der Waals surface area contributed by atoms with E-state index in [2.05, 4.69) is 10.1 Å². The average Bonchev–Trinajstić information content (AvgIpc) is 2.88. The minimum absolute atomic E-state index is 0.0455. The van der Waals surface area contributed by atoms with Crippen LogP contribution in [0.1, 0.15) is 63.0 Å². The number of nitrogens with zero attached hydrogens (tertiary/aromatic N) is 4. The quantitative estimate of drug-likeness (QED) is 0.798. The lowest BCUT2D eigenvalue weighted by atomic mass is 10.00. The zero-order valence-corrected chi connectivity index (χ0v) is 15.2. The van der Waals surface area contributed by atoms with Crippen molar-refractivity contribution in [3.05, 3.63) is 29.2 Å². The molecule has 6 heteroatoms. The van der Waals surface area contributed by atoms with Gasteiger partial charge in [-0.1, -0.05) is 0 Å². The molecule has 2 aromatic heterocycles. The third kappa shape index (κ3) is 3.37. The summed E-state index contributed by atoms with van der Waals surface area (Å²) >= 11 is 0. The molecule has 3 rings (SSSR count). The van der Waals surface area contributed by atoms with Gasteiger partial charge in [-0.2, -0.15) is 5.10 Å². The molecule has 3 heterocycles. The predicted octanol–water partition coefficient (Wildman–Crippen LogP) is 3.81. The molecule has 1 fully saturated rings. The van der Waals surface area contributed by atoms with Crippen molar-refractivity contribution in [2.75, 3.05) is 6.54 Å². The largest absolute Gasteiger partial charge is 0.444 e. The number of rotatable bonds is 1. The number of ether oxygens (including phenoxy) is 1. The maximum Gasteiger partial charge on any atom is 0.410 e. The highest BCUT2D eigenvalue weighted by Crippen LogP contribution is 2.32. The van der Waals surface area contributed by atoms with E-state index in [1.165, 1.54) is 0 Å². The lowest BCUT2D eigenvalue weighted by Crippen LogP contribution is -2.42. The Morgan fingerprint density at radius 1 is 1.29 bits per heavy atom. The normalized spacial score (nSPS) is 18.9. The van der Waals surface area contributed by atoms with E-state index in [0.29, 0.717) is 6.54 Å². The third-order valence-electron chi connectivity index (χ3n) is 4.38. The van der Waals surface area contributed by atoms with Gasteiger partial charge in [-0.05, 0) is 59.4 Å². The van der Waals surface area contributed by atoms with Crippen LogP contribution in [-0.2, 0) is 4.74 Å². The average molecular weight is 330 g/mol. The van der Waals surface area contributed by atoms with E-state index in [-0.39, 0.29) is 12.1 Å². The number of carbonyl (C=O) groups is 1. The van der Waals surface area contributed by atoms with Crippen molar-refractivity contribution in [3.8, 4) is 0 Å². The first kappa shape index (κ1) is 16.7. The number of hydrogen-bond acceptors (Lipinski definition) is 4. The van der Waals surface area contributed by atoms with Gasteiger partial charge in [0.2, 0.25) is 0 Å². The molecule has 1 aliphatic heterocycles. The Balaban J connectivity index is 1.91. The summed E-state index contributed by atoms with van der Waals surface area (Å²) in [7, 11) is 0. The van der Waals surface area contributed by atoms with E-state index in [9.17, 15) is 4.79 Å². The molecule has 0 radical (unpaired) electrons. The molecular formula is C18H26N4O2. The van der Waals surface area contributed by atoms with Crippen LogP contribution in [0.2, 0.25) is 0 Å². The van der Waals surface area contributed by atoms with Gasteiger partial charge in [0.15, 0.2) is 5.65 Å². The maximum absolute atomic E-state index is 12.6. The molecule has 130 valence electrons. The van der Waals surface area contributed by atoms with Crippen LogP contribution in [0.25, 0.3) is 5.65 Å². The lowest BCUT2D eigenvalue weighted by Gasteiger charge is -2.35. The topological polar surface area (TPSA) is 59.7 Å². The first-order valence-corrected chi connectivity index (χ1v) is 8.58. The van der Waals surface area contributed by atoms with Crippen molar-refractivity contribution in [2.45, 2.75) is 65.5 Å². The van der Waals surface area contributed by atoms with E-state index in [4.69, 9.17) is 4.74 Å². The molecule has 0 bridgehead atoms. The summed E-state index contributed by atoms with van der Waals surface area (Å²) < 4.78 is 7.38. The number of amides is 1. The number of aryl methyl sites for hydroxylation is 2. The molecule has 0 spiro atoms. The highest BCUT2D eigenvalue weighted by Gasteiger charge is 2.33. The highest BCUT2D eigenvalue weighted by atomic mass is 16.6. The number of carbonyl (C=O) groups excluding carboxylic acids is 1. The van der Waals surface area contributed by atoms with E-state index < -0.39 is 5.60 Å². The third-order valence-corrected chi connectivity index (χ3v) is 4.38.